The molecule has 0 radical (unpaired) electrons. The minimum absolute atomic E-state index is 0.00781. The van der Waals surface area contributed by atoms with Gasteiger partial charge in [-0.15, -0.1) is 0 Å². The van der Waals surface area contributed by atoms with Crippen molar-refractivity contribution < 1.29 is 17.6 Å². The Labute approximate surface area is 136 Å². The summed E-state index contributed by atoms with van der Waals surface area (Å²) in [5.74, 6) is 0.412. The SMILES string of the molecule is C[C@@H]1C[C@@H](C)CN(C(=O)CCNS(=O)(=O)c2ccc(F)cc2)C1. The molecule has 1 amide bonds. The summed E-state index contributed by atoms with van der Waals surface area (Å²) in [6.45, 7) is 5.74. The summed E-state index contributed by atoms with van der Waals surface area (Å²) in [4.78, 5) is 14.0. The second kappa shape index (κ2) is 7.40. The van der Waals surface area contributed by atoms with Gasteiger partial charge in [0.2, 0.25) is 15.9 Å². The number of nitrogens with zero attached hydrogens (tertiary/aromatic N) is 1. The Morgan fingerprint density at radius 1 is 1.22 bits per heavy atom. The van der Waals surface area contributed by atoms with Gasteiger partial charge < -0.3 is 4.90 Å². The third-order valence-electron chi connectivity index (χ3n) is 3.98. The van der Waals surface area contributed by atoms with Gasteiger partial charge in [-0.3, -0.25) is 4.79 Å². The van der Waals surface area contributed by atoms with Crippen LogP contribution in [0.25, 0.3) is 0 Å². The van der Waals surface area contributed by atoms with E-state index in [1.54, 1.807) is 0 Å². The lowest BCUT2D eigenvalue weighted by Crippen LogP contribution is -2.43. The van der Waals surface area contributed by atoms with Crippen molar-refractivity contribution in [1.29, 1.82) is 0 Å². The van der Waals surface area contributed by atoms with Gasteiger partial charge in [0.15, 0.2) is 0 Å². The number of rotatable bonds is 5. The molecule has 23 heavy (non-hydrogen) atoms. The average Bonchev–Trinajstić information content (AvgIpc) is 2.46. The van der Waals surface area contributed by atoms with Crippen molar-refractivity contribution in [3.8, 4) is 0 Å². The summed E-state index contributed by atoms with van der Waals surface area (Å²) in [7, 11) is -3.71. The molecule has 2 rings (SSSR count). The number of sulfonamides is 1. The van der Waals surface area contributed by atoms with Crippen LogP contribution >= 0.6 is 0 Å². The second-order valence-corrected chi connectivity index (χ2v) is 8.11. The fourth-order valence-corrected chi connectivity index (χ4v) is 4.05. The first-order valence-electron chi connectivity index (χ1n) is 7.81. The van der Waals surface area contributed by atoms with E-state index in [0.717, 1.165) is 31.6 Å². The first-order valence-corrected chi connectivity index (χ1v) is 9.29. The number of amides is 1. The summed E-state index contributed by atoms with van der Waals surface area (Å²) in [6, 6.07) is 4.59. The van der Waals surface area contributed by atoms with Crippen LogP contribution < -0.4 is 4.72 Å². The van der Waals surface area contributed by atoms with Crippen molar-refractivity contribution in [2.24, 2.45) is 11.8 Å². The molecule has 0 aliphatic carbocycles. The Kier molecular flexibility index (Phi) is 5.75. The molecular formula is C16H23FN2O3S. The molecule has 1 aliphatic rings. The first-order chi connectivity index (χ1) is 10.8. The summed E-state index contributed by atoms with van der Waals surface area (Å²) in [5, 5.41) is 0. The minimum atomic E-state index is -3.71. The van der Waals surface area contributed by atoms with Crippen LogP contribution in [0.2, 0.25) is 0 Å². The smallest absolute Gasteiger partial charge is 0.240 e. The normalized spacial score (nSPS) is 22.1. The van der Waals surface area contributed by atoms with Gasteiger partial charge in [-0.2, -0.15) is 0 Å². The summed E-state index contributed by atoms with van der Waals surface area (Å²) in [5.41, 5.74) is 0. The summed E-state index contributed by atoms with van der Waals surface area (Å²) >= 11 is 0. The van der Waals surface area contributed by atoms with Crippen molar-refractivity contribution in [1.82, 2.24) is 9.62 Å². The van der Waals surface area contributed by atoms with E-state index in [2.05, 4.69) is 18.6 Å². The van der Waals surface area contributed by atoms with E-state index in [-0.39, 0.29) is 23.8 Å². The van der Waals surface area contributed by atoms with Crippen molar-refractivity contribution >= 4 is 15.9 Å². The predicted octanol–water partition coefficient (Wildman–Crippen LogP) is 2.00. The van der Waals surface area contributed by atoms with Crippen LogP contribution in [-0.2, 0) is 14.8 Å². The fourth-order valence-electron chi connectivity index (χ4n) is 3.01. The van der Waals surface area contributed by atoms with E-state index in [1.807, 2.05) is 4.90 Å². The van der Waals surface area contributed by atoms with E-state index < -0.39 is 15.8 Å². The van der Waals surface area contributed by atoms with Crippen LogP contribution in [-0.4, -0.2) is 38.9 Å². The number of piperidine rings is 1. The molecule has 1 N–H and O–H groups in total. The van der Waals surface area contributed by atoms with Gasteiger partial charge >= 0.3 is 0 Å². The molecule has 128 valence electrons. The highest BCUT2D eigenvalue weighted by Crippen LogP contribution is 2.21. The Hall–Kier alpha value is -1.47. The molecule has 2 atom stereocenters. The molecule has 0 spiro atoms. The average molecular weight is 342 g/mol. The lowest BCUT2D eigenvalue weighted by molar-refractivity contribution is -0.133. The van der Waals surface area contributed by atoms with E-state index in [0.29, 0.717) is 11.8 Å². The fraction of sp³-hybridized carbons (Fsp3) is 0.562. The van der Waals surface area contributed by atoms with Crippen LogP contribution in [0.4, 0.5) is 4.39 Å². The molecule has 5 nitrogen and oxygen atoms in total. The maximum Gasteiger partial charge on any atom is 0.240 e. The molecule has 1 aromatic carbocycles. The number of hydrogen-bond acceptors (Lipinski definition) is 3. The quantitative estimate of drug-likeness (QED) is 0.890. The van der Waals surface area contributed by atoms with E-state index in [4.69, 9.17) is 0 Å². The van der Waals surface area contributed by atoms with Gasteiger partial charge in [-0.25, -0.2) is 17.5 Å². The van der Waals surface area contributed by atoms with Crippen molar-refractivity contribution in [2.75, 3.05) is 19.6 Å². The lowest BCUT2D eigenvalue weighted by Gasteiger charge is -2.35. The van der Waals surface area contributed by atoms with E-state index in [1.165, 1.54) is 12.1 Å². The van der Waals surface area contributed by atoms with Gasteiger partial charge in [0, 0.05) is 26.1 Å². The van der Waals surface area contributed by atoms with Crippen molar-refractivity contribution in [2.45, 2.75) is 31.6 Å². The highest BCUT2D eigenvalue weighted by molar-refractivity contribution is 7.89. The van der Waals surface area contributed by atoms with Gasteiger partial charge in [0.1, 0.15) is 5.82 Å². The predicted molar refractivity (Wildman–Crippen MR) is 85.7 cm³/mol. The molecular weight excluding hydrogens is 319 g/mol. The van der Waals surface area contributed by atoms with E-state index in [9.17, 15) is 17.6 Å². The Morgan fingerprint density at radius 3 is 2.35 bits per heavy atom. The van der Waals surface area contributed by atoms with Crippen LogP contribution in [0.5, 0.6) is 0 Å². The van der Waals surface area contributed by atoms with Crippen LogP contribution in [0.15, 0.2) is 29.2 Å². The molecule has 0 saturated carbocycles. The molecule has 0 bridgehead atoms. The number of carbonyl (C=O) groups is 1. The lowest BCUT2D eigenvalue weighted by atomic mass is 9.92. The molecule has 1 saturated heterocycles. The standard InChI is InChI=1S/C16H23FN2O3S/c1-12-9-13(2)11-19(10-12)16(20)7-8-18-23(21,22)15-5-3-14(17)4-6-15/h3-6,12-13,18H,7-11H2,1-2H3/t12-,13-/m1/s1. The monoisotopic (exact) mass is 342 g/mol. The summed E-state index contributed by atoms with van der Waals surface area (Å²) < 4.78 is 39.3. The Balaban J connectivity index is 1.86. The molecule has 1 heterocycles. The first kappa shape index (κ1) is 17.9. The molecule has 1 aromatic rings. The molecule has 0 aromatic heterocycles. The Bertz CT molecular complexity index is 636. The number of benzene rings is 1. The van der Waals surface area contributed by atoms with Crippen LogP contribution in [0.1, 0.15) is 26.7 Å². The number of carbonyl (C=O) groups excluding carboxylic acids is 1. The minimum Gasteiger partial charge on any atom is -0.342 e. The molecule has 0 unspecified atom stereocenters. The van der Waals surface area contributed by atoms with Crippen molar-refractivity contribution in [3.05, 3.63) is 30.1 Å². The van der Waals surface area contributed by atoms with Crippen LogP contribution in [0.3, 0.4) is 0 Å². The maximum absolute atomic E-state index is 12.8. The van der Waals surface area contributed by atoms with Gasteiger partial charge in [-0.1, -0.05) is 13.8 Å². The molecule has 1 fully saturated rings. The number of likely N-dealkylation sites (tertiary alicyclic amines) is 1. The molecule has 1 aliphatic heterocycles. The zero-order valence-corrected chi connectivity index (χ0v) is 14.3. The van der Waals surface area contributed by atoms with Crippen LogP contribution in [0, 0.1) is 17.7 Å². The largest absolute Gasteiger partial charge is 0.342 e. The van der Waals surface area contributed by atoms with E-state index >= 15 is 0 Å². The maximum atomic E-state index is 12.8. The van der Waals surface area contributed by atoms with Gasteiger partial charge in [0.25, 0.3) is 0 Å². The zero-order chi connectivity index (χ0) is 17.0. The second-order valence-electron chi connectivity index (χ2n) is 6.35. The van der Waals surface area contributed by atoms with Gasteiger partial charge in [-0.05, 0) is 42.5 Å². The number of halogens is 1. The third kappa shape index (κ3) is 5.00. The number of nitrogens with one attached hydrogen (secondary N) is 1. The summed E-state index contributed by atoms with van der Waals surface area (Å²) in [6.07, 6.45) is 1.24. The van der Waals surface area contributed by atoms with Gasteiger partial charge in [0.05, 0.1) is 4.90 Å². The molecule has 7 heteroatoms. The highest BCUT2D eigenvalue weighted by Gasteiger charge is 2.25. The van der Waals surface area contributed by atoms with Crippen molar-refractivity contribution in [3.63, 3.8) is 0 Å². The Morgan fingerprint density at radius 2 is 1.78 bits per heavy atom. The number of hydrogen-bond donors (Lipinski definition) is 1. The topological polar surface area (TPSA) is 66.5 Å². The third-order valence-corrected chi connectivity index (χ3v) is 5.45. The highest BCUT2D eigenvalue weighted by atomic mass is 32.2. The zero-order valence-electron chi connectivity index (χ0n) is 13.5.